The van der Waals surface area contributed by atoms with E-state index >= 15 is 0 Å². The zero-order valence-corrected chi connectivity index (χ0v) is 4.62. The maximum atomic E-state index is 12.2. The van der Waals surface area contributed by atoms with Crippen molar-refractivity contribution in [3.63, 3.8) is 0 Å². The second-order valence-corrected chi connectivity index (χ2v) is 1.89. The molecule has 1 saturated heterocycles. The molecule has 0 unspecified atom stereocenters. The Bertz CT molecular complexity index is 94.0. The quantitative estimate of drug-likeness (QED) is 0.457. The molecule has 0 bridgehead atoms. The Morgan fingerprint density at radius 2 is 2.25 bits per heavy atom. The summed E-state index contributed by atoms with van der Waals surface area (Å²) >= 11 is 0. The van der Waals surface area contributed by atoms with Crippen LogP contribution < -0.4 is 5.32 Å². The number of nitrogens with one attached hydrogen (secondary N) is 1. The van der Waals surface area contributed by atoms with Crippen molar-refractivity contribution in [3.8, 4) is 0 Å². The number of rotatable bonds is 0. The van der Waals surface area contributed by atoms with Crippen LogP contribution in [0.4, 0.5) is 8.78 Å². The first-order chi connectivity index (χ1) is 3.63. The Kier molecular flexibility index (Phi) is 1.21. The summed E-state index contributed by atoms with van der Waals surface area (Å²) in [4.78, 5) is 0.979. The molecule has 0 aromatic rings. The highest BCUT2D eigenvalue weighted by Crippen LogP contribution is 2.16. The smallest absolute Gasteiger partial charge is 0.243 e. The molecule has 2 nitrogen and oxygen atoms in total. The van der Waals surface area contributed by atoms with E-state index in [9.17, 15) is 8.78 Å². The van der Waals surface area contributed by atoms with Gasteiger partial charge in [0.15, 0.2) is 0 Å². The summed E-state index contributed by atoms with van der Waals surface area (Å²) < 4.78 is 24.3. The molecule has 0 amide bonds. The van der Waals surface area contributed by atoms with E-state index in [1.54, 1.807) is 0 Å². The lowest BCUT2D eigenvalue weighted by atomic mass is 10.7. The van der Waals surface area contributed by atoms with Crippen LogP contribution in [0.1, 0.15) is 0 Å². The summed E-state index contributed by atoms with van der Waals surface area (Å²) in [6.45, 7) is 0.802. The highest BCUT2D eigenvalue weighted by atomic mass is 19.3. The van der Waals surface area contributed by atoms with E-state index < -0.39 is 6.17 Å². The topological polar surface area (TPSA) is 15.3 Å². The Balaban J connectivity index is 2.54. The highest BCUT2D eigenvalue weighted by Gasteiger charge is 2.38. The average molecular weight is 122 g/mol. The SMILES string of the molecule is CN1CCNC1(F)F. The molecule has 0 radical (unpaired) electrons. The zero-order chi connectivity index (χ0) is 6.20. The number of likely N-dealkylation sites (N-methyl/N-ethyl adjacent to an activating group) is 1. The van der Waals surface area contributed by atoms with Crippen molar-refractivity contribution in [3.05, 3.63) is 0 Å². The molecule has 1 heterocycles. The predicted molar refractivity (Wildman–Crippen MR) is 25.6 cm³/mol. The van der Waals surface area contributed by atoms with Gasteiger partial charge in [0.05, 0.1) is 0 Å². The molecular weight excluding hydrogens is 114 g/mol. The van der Waals surface area contributed by atoms with Crippen LogP contribution >= 0.6 is 0 Å². The molecule has 8 heavy (non-hydrogen) atoms. The largest absolute Gasteiger partial charge is 0.366 e. The number of nitrogens with zero attached hydrogens (tertiary/aromatic N) is 1. The molecule has 0 saturated carbocycles. The fourth-order valence-electron chi connectivity index (χ4n) is 0.649. The van der Waals surface area contributed by atoms with Crippen molar-refractivity contribution in [2.24, 2.45) is 0 Å². The molecule has 1 rings (SSSR count). The Morgan fingerprint density at radius 3 is 2.38 bits per heavy atom. The van der Waals surface area contributed by atoms with Crippen LogP contribution in [0, 0.1) is 0 Å². The van der Waals surface area contributed by atoms with Gasteiger partial charge in [-0.25, -0.2) is 10.2 Å². The number of halogens is 2. The summed E-state index contributed by atoms with van der Waals surface area (Å²) in [7, 11) is 1.39. The van der Waals surface area contributed by atoms with Gasteiger partial charge in [0.1, 0.15) is 0 Å². The molecule has 48 valence electrons. The number of hydrogen-bond donors (Lipinski definition) is 1. The van der Waals surface area contributed by atoms with E-state index in [2.05, 4.69) is 0 Å². The molecule has 0 aliphatic carbocycles. The Labute approximate surface area is 46.5 Å². The minimum Gasteiger partial charge on any atom is -0.243 e. The lowest BCUT2D eigenvalue weighted by Gasteiger charge is -2.16. The van der Waals surface area contributed by atoms with Gasteiger partial charge in [-0.2, -0.15) is 8.78 Å². The van der Waals surface area contributed by atoms with Gasteiger partial charge in [-0.05, 0) is 7.05 Å². The van der Waals surface area contributed by atoms with E-state index in [0.29, 0.717) is 13.1 Å². The maximum absolute atomic E-state index is 12.2. The molecule has 1 N–H and O–H groups in total. The van der Waals surface area contributed by atoms with Crippen LogP contribution in [-0.2, 0) is 0 Å². The van der Waals surface area contributed by atoms with Crippen LogP contribution in [0.2, 0.25) is 0 Å². The van der Waals surface area contributed by atoms with Crippen molar-refractivity contribution in [2.45, 2.75) is 6.17 Å². The molecular formula is C4H8F2N2. The first-order valence-corrected chi connectivity index (χ1v) is 2.47. The molecule has 4 heteroatoms. The Hall–Kier alpha value is -0.220. The molecule has 1 aliphatic rings. The fraction of sp³-hybridized carbons (Fsp3) is 1.00. The van der Waals surface area contributed by atoms with Gasteiger partial charge in [-0.3, -0.25) is 0 Å². The van der Waals surface area contributed by atoms with Crippen LogP contribution in [0.5, 0.6) is 0 Å². The molecule has 0 atom stereocenters. The van der Waals surface area contributed by atoms with Crippen molar-refractivity contribution in [2.75, 3.05) is 20.1 Å². The van der Waals surface area contributed by atoms with Crippen LogP contribution in [0.15, 0.2) is 0 Å². The van der Waals surface area contributed by atoms with Gasteiger partial charge in [0, 0.05) is 13.1 Å². The monoisotopic (exact) mass is 122 g/mol. The number of alkyl halides is 2. The van der Waals surface area contributed by atoms with E-state index in [-0.39, 0.29) is 0 Å². The highest BCUT2D eigenvalue weighted by molar-refractivity contribution is 4.72. The first kappa shape index (κ1) is 5.91. The molecule has 0 spiro atoms. The fourth-order valence-corrected chi connectivity index (χ4v) is 0.649. The van der Waals surface area contributed by atoms with Crippen molar-refractivity contribution in [1.82, 2.24) is 10.2 Å². The minimum absolute atomic E-state index is 0.378. The van der Waals surface area contributed by atoms with E-state index in [1.165, 1.54) is 7.05 Å². The average Bonchev–Trinajstić information content (AvgIpc) is 1.86. The molecule has 1 aliphatic heterocycles. The van der Waals surface area contributed by atoms with Crippen molar-refractivity contribution < 1.29 is 8.78 Å². The predicted octanol–water partition coefficient (Wildman–Crippen LogP) is 0.0717. The van der Waals surface area contributed by atoms with Gasteiger partial charge in [0.2, 0.25) is 0 Å². The van der Waals surface area contributed by atoms with E-state index in [0.717, 1.165) is 4.90 Å². The molecule has 0 aromatic heterocycles. The lowest BCUT2D eigenvalue weighted by Crippen LogP contribution is -2.40. The van der Waals surface area contributed by atoms with Crippen LogP contribution in [0.25, 0.3) is 0 Å². The third-order valence-electron chi connectivity index (χ3n) is 1.26. The van der Waals surface area contributed by atoms with E-state index in [1.807, 2.05) is 5.32 Å². The lowest BCUT2D eigenvalue weighted by molar-refractivity contribution is -0.124. The third kappa shape index (κ3) is 0.809. The molecule has 1 fully saturated rings. The zero-order valence-electron chi connectivity index (χ0n) is 4.62. The normalized spacial score (nSPS) is 28.9. The number of hydrogen-bond acceptors (Lipinski definition) is 2. The summed E-state index contributed by atoms with van der Waals surface area (Å²) in [5.74, 6) is 0. The van der Waals surface area contributed by atoms with Gasteiger partial charge >= 0.3 is 6.17 Å². The summed E-state index contributed by atoms with van der Waals surface area (Å²) in [6.07, 6.45) is -2.76. The Morgan fingerprint density at radius 1 is 1.62 bits per heavy atom. The molecule has 0 aromatic carbocycles. The summed E-state index contributed by atoms with van der Waals surface area (Å²) in [5.41, 5.74) is 0. The third-order valence-corrected chi connectivity index (χ3v) is 1.26. The standard InChI is InChI=1S/C4H8F2N2/c1-8-3-2-7-4(8,5)6/h7H,2-3H2,1H3. The second-order valence-electron chi connectivity index (χ2n) is 1.89. The maximum Gasteiger partial charge on any atom is 0.366 e. The van der Waals surface area contributed by atoms with Crippen LogP contribution in [-0.4, -0.2) is 31.2 Å². The second kappa shape index (κ2) is 1.63. The van der Waals surface area contributed by atoms with Gasteiger partial charge < -0.3 is 0 Å². The minimum atomic E-state index is -2.76. The van der Waals surface area contributed by atoms with Gasteiger partial charge in [-0.15, -0.1) is 0 Å². The van der Waals surface area contributed by atoms with Crippen LogP contribution in [0.3, 0.4) is 0 Å². The van der Waals surface area contributed by atoms with Gasteiger partial charge in [-0.1, -0.05) is 0 Å². The van der Waals surface area contributed by atoms with E-state index in [4.69, 9.17) is 0 Å². The van der Waals surface area contributed by atoms with Gasteiger partial charge in [0.25, 0.3) is 0 Å². The summed E-state index contributed by atoms with van der Waals surface area (Å²) in [6, 6.07) is 0. The first-order valence-electron chi connectivity index (χ1n) is 2.47. The van der Waals surface area contributed by atoms with Crippen molar-refractivity contribution in [1.29, 1.82) is 0 Å². The van der Waals surface area contributed by atoms with Crippen molar-refractivity contribution >= 4 is 0 Å². The summed E-state index contributed by atoms with van der Waals surface area (Å²) in [5, 5.41) is 2.04.